The Morgan fingerprint density at radius 3 is 1.53 bits per heavy atom. The zero-order chi connectivity index (χ0) is 30.1. The lowest BCUT2D eigenvalue weighted by atomic mass is 10.1. The Labute approximate surface area is 262 Å². The molecule has 4 nitrogen and oxygen atoms in total. The van der Waals surface area contributed by atoms with Gasteiger partial charge in [-0.05, 0) is 32.3 Å². The van der Waals surface area contributed by atoms with Gasteiger partial charge in [-0.15, -0.1) is 11.8 Å². The van der Waals surface area contributed by atoms with Crippen LogP contribution in [0.1, 0.15) is 38.8 Å². The highest BCUT2D eigenvalue weighted by atomic mass is 32.2. The van der Waals surface area contributed by atoms with E-state index in [1.807, 2.05) is 36.4 Å². The van der Waals surface area contributed by atoms with Crippen LogP contribution in [0.5, 0.6) is 0 Å². The molecule has 4 aromatic carbocycles. The average Bonchev–Trinajstić information content (AvgIpc) is 3.36. The Balaban J connectivity index is 1.46. The molecule has 1 fully saturated rings. The highest BCUT2D eigenvalue weighted by Gasteiger charge is 2.53. The van der Waals surface area contributed by atoms with E-state index in [9.17, 15) is 0 Å². The second kappa shape index (κ2) is 14.8. The van der Waals surface area contributed by atoms with Gasteiger partial charge in [0, 0.05) is 0 Å². The van der Waals surface area contributed by atoms with Crippen LogP contribution < -0.4 is 10.4 Å². The zero-order valence-electron chi connectivity index (χ0n) is 25.7. The second-order valence-electron chi connectivity index (χ2n) is 12.0. The average molecular weight is 613 g/mol. The fourth-order valence-corrected chi connectivity index (χ4v) is 11.5. The summed E-state index contributed by atoms with van der Waals surface area (Å²) in [5.41, 5.74) is 2.11. The van der Waals surface area contributed by atoms with Crippen molar-refractivity contribution < 1.29 is 18.6 Å². The van der Waals surface area contributed by atoms with E-state index in [-0.39, 0.29) is 28.8 Å². The molecule has 0 aliphatic carbocycles. The molecule has 0 unspecified atom stereocenters. The minimum absolute atomic E-state index is 0.129. The van der Waals surface area contributed by atoms with E-state index in [1.54, 1.807) is 11.8 Å². The lowest BCUT2D eigenvalue weighted by Gasteiger charge is -2.43. The minimum Gasteiger partial charge on any atom is -0.405 e. The maximum atomic E-state index is 7.34. The molecule has 0 N–H and O–H groups in total. The fraction of sp³-hybridized carbons (Fsp3) is 0.351. The first-order valence-corrected chi connectivity index (χ1v) is 18.2. The van der Waals surface area contributed by atoms with Crippen LogP contribution in [0.25, 0.3) is 0 Å². The maximum absolute atomic E-state index is 7.34. The van der Waals surface area contributed by atoms with Gasteiger partial charge < -0.3 is 18.6 Å². The Morgan fingerprint density at radius 1 is 0.651 bits per heavy atom. The second-order valence-corrected chi connectivity index (χ2v) is 17.7. The molecule has 6 heteroatoms. The summed E-state index contributed by atoms with van der Waals surface area (Å²) in [5.74, 6) is 0.920. The summed E-state index contributed by atoms with van der Waals surface area (Å²) in [5, 5.41) is 2.38. The minimum atomic E-state index is -2.75. The number of benzene rings is 4. The molecule has 0 amide bonds. The molecule has 0 bridgehead atoms. The third-order valence-electron chi connectivity index (χ3n) is 8.05. The molecule has 4 aromatic rings. The van der Waals surface area contributed by atoms with Crippen molar-refractivity contribution in [2.45, 2.75) is 69.7 Å². The zero-order valence-corrected chi connectivity index (χ0v) is 27.5. The van der Waals surface area contributed by atoms with E-state index >= 15 is 0 Å². The van der Waals surface area contributed by atoms with E-state index in [1.165, 1.54) is 10.4 Å². The first-order chi connectivity index (χ1) is 20.9. The van der Waals surface area contributed by atoms with E-state index in [0.717, 1.165) is 16.9 Å². The quantitative estimate of drug-likeness (QED) is 0.149. The molecule has 0 aromatic heterocycles. The van der Waals surface area contributed by atoms with Crippen LogP contribution in [0.3, 0.4) is 0 Å². The van der Waals surface area contributed by atoms with Crippen LogP contribution in [0.15, 0.2) is 121 Å². The van der Waals surface area contributed by atoms with E-state index in [2.05, 4.69) is 113 Å². The lowest BCUT2D eigenvalue weighted by molar-refractivity contribution is -0.0805. The summed E-state index contributed by atoms with van der Waals surface area (Å²) in [4.78, 5) is 0. The third-order valence-corrected chi connectivity index (χ3v) is 14.1. The van der Waals surface area contributed by atoms with Crippen molar-refractivity contribution in [2.24, 2.45) is 0 Å². The summed E-state index contributed by atoms with van der Waals surface area (Å²) in [6.07, 6.45) is -0.803. The summed E-state index contributed by atoms with van der Waals surface area (Å²) >= 11 is 1.77. The smallest absolute Gasteiger partial charge is 0.261 e. The van der Waals surface area contributed by atoms with Gasteiger partial charge in [-0.1, -0.05) is 149 Å². The van der Waals surface area contributed by atoms with Gasteiger partial charge in [-0.25, -0.2) is 0 Å². The van der Waals surface area contributed by atoms with E-state index < -0.39 is 8.32 Å². The Bertz CT molecular complexity index is 1330. The van der Waals surface area contributed by atoms with Gasteiger partial charge in [0.1, 0.15) is 23.7 Å². The van der Waals surface area contributed by atoms with Crippen molar-refractivity contribution in [3.8, 4) is 0 Å². The van der Waals surface area contributed by atoms with Crippen molar-refractivity contribution in [1.29, 1.82) is 0 Å². The van der Waals surface area contributed by atoms with Gasteiger partial charge in [-0.3, -0.25) is 0 Å². The Morgan fingerprint density at radius 2 is 1.09 bits per heavy atom. The molecular formula is C37H44O4SSi. The van der Waals surface area contributed by atoms with Crippen molar-refractivity contribution in [3.05, 3.63) is 132 Å². The Kier molecular flexibility index (Phi) is 10.9. The number of hydrogen-bond donors (Lipinski definition) is 0. The summed E-state index contributed by atoms with van der Waals surface area (Å²) in [6, 6.07) is 42.2. The van der Waals surface area contributed by atoms with Gasteiger partial charge in [0.05, 0.1) is 19.8 Å². The highest BCUT2D eigenvalue weighted by molar-refractivity contribution is 7.99. The maximum Gasteiger partial charge on any atom is 0.261 e. The lowest BCUT2D eigenvalue weighted by Crippen LogP contribution is -2.67. The van der Waals surface area contributed by atoms with Gasteiger partial charge in [-0.2, -0.15) is 0 Å². The summed E-state index contributed by atoms with van der Waals surface area (Å²) in [6.45, 7) is 10.5. The summed E-state index contributed by atoms with van der Waals surface area (Å²) in [7, 11) is -2.75. The molecule has 1 aliphatic rings. The van der Waals surface area contributed by atoms with Crippen LogP contribution >= 0.6 is 11.8 Å². The molecule has 0 saturated carbocycles. The molecule has 1 aliphatic heterocycles. The number of rotatable bonds is 13. The predicted molar refractivity (Wildman–Crippen MR) is 180 cm³/mol. The van der Waals surface area contributed by atoms with Crippen LogP contribution in [0.2, 0.25) is 5.04 Å². The largest absolute Gasteiger partial charge is 0.405 e. The molecule has 226 valence electrons. The normalized spacial score (nSPS) is 20.7. The molecule has 5 rings (SSSR count). The third kappa shape index (κ3) is 7.51. The first kappa shape index (κ1) is 31.7. The van der Waals surface area contributed by atoms with Crippen molar-refractivity contribution in [3.63, 3.8) is 0 Å². The SMILES string of the molecule is CCS[C@H]1O[C@H](CO[Si](c2ccccc2)(c2ccccc2)C(C)(C)C)[C@@H](OCc2ccccc2)[C@@H]1OCc1ccccc1. The van der Waals surface area contributed by atoms with Crippen LogP contribution in [-0.4, -0.2) is 44.4 Å². The number of hydrogen-bond acceptors (Lipinski definition) is 5. The van der Waals surface area contributed by atoms with Gasteiger partial charge in [0.2, 0.25) is 0 Å². The topological polar surface area (TPSA) is 36.9 Å². The molecule has 43 heavy (non-hydrogen) atoms. The molecule has 4 atom stereocenters. The predicted octanol–water partition coefficient (Wildman–Crippen LogP) is 7.21. The molecule has 0 spiro atoms. The number of ether oxygens (including phenoxy) is 3. The van der Waals surface area contributed by atoms with Gasteiger partial charge >= 0.3 is 0 Å². The van der Waals surface area contributed by atoms with Crippen LogP contribution in [0.4, 0.5) is 0 Å². The molecule has 1 heterocycles. The summed E-state index contributed by atoms with van der Waals surface area (Å²) < 4.78 is 27.5. The monoisotopic (exact) mass is 612 g/mol. The number of thioether (sulfide) groups is 1. The standard InChI is InChI=1S/C37H44O4SSi/c1-5-42-36-35(39-27-30-20-12-7-13-21-30)34(38-26-29-18-10-6-11-19-29)33(41-36)28-40-43(37(2,3)4,31-22-14-8-15-23-31)32-24-16-9-17-25-32/h6-25,33-36H,5,26-28H2,1-4H3/t33-,34-,35+,36-/m1/s1. The molecule has 0 radical (unpaired) electrons. The fourth-order valence-electron chi connectivity index (χ4n) is 6.00. The Hall–Kier alpha value is -2.71. The van der Waals surface area contributed by atoms with Gasteiger partial charge in [0.15, 0.2) is 0 Å². The highest BCUT2D eigenvalue weighted by Crippen LogP contribution is 2.39. The van der Waals surface area contributed by atoms with Crippen molar-refractivity contribution >= 4 is 30.5 Å². The van der Waals surface area contributed by atoms with Crippen LogP contribution in [0, 0.1) is 0 Å². The van der Waals surface area contributed by atoms with E-state index in [4.69, 9.17) is 18.6 Å². The van der Waals surface area contributed by atoms with Crippen LogP contribution in [-0.2, 0) is 31.9 Å². The van der Waals surface area contributed by atoms with Crippen molar-refractivity contribution in [1.82, 2.24) is 0 Å². The molecule has 1 saturated heterocycles. The van der Waals surface area contributed by atoms with Crippen molar-refractivity contribution in [2.75, 3.05) is 12.4 Å². The molecular weight excluding hydrogens is 569 g/mol. The van der Waals surface area contributed by atoms with E-state index in [0.29, 0.717) is 19.8 Å². The van der Waals surface area contributed by atoms with Gasteiger partial charge in [0.25, 0.3) is 8.32 Å². The first-order valence-electron chi connectivity index (χ1n) is 15.3.